The SMILES string of the molecule is Cc1cccc(Cc2nc(Cl)cc(Cl)n2)c1. The Balaban J connectivity index is 2.27. The maximum Gasteiger partial charge on any atom is 0.136 e. The quantitative estimate of drug-likeness (QED) is 0.763. The fourth-order valence-corrected chi connectivity index (χ4v) is 1.98. The first-order valence-electron chi connectivity index (χ1n) is 4.88. The van der Waals surface area contributed by atoms with E-state index in [1.165, 1.54) is 11.6 Å². The number of aromatic nitrogens is 2. The number of hydrogen-bond donors (Lipinski definition) is 0. The van der Waals surface area contributed by atoms with Gasteiger partial charge in [0.05, 0.1) is 0 Å². The Morgan fingerprint density at radius 1 is 1.06 bits per heavy atom. The van der Waals surface area contributed by atoms with Gasteiger partial charge < -0.3 is 0 Å². The largest absolute Gasteiger partial charge is 0.221 e. The topological polar surface area (TPSA) is 25.8 Å². The van der Waals surface area contributed by atoms with Gasteiger partial charge in [0, 0.05) is 12.5 Å². The van der Waals surface area contributed by atoms with Crippen LogP contribution in [-0.4, -0.2) is 9.97 Å². The predicted octanol–water partition coefficient (Wildman–Crippen LogP) is 3.68. The Morgan fingerprint density at radius 2 is 1.75 bits per heavy atom. The van der Waals surface area contributed by atoms with E-state index in [-0.39, 0.29) is 0 Å². The monoisotopic (exact) mass is 252 g/mol. The van der Waals surface area contributed by atoms with Gasteiger partial charge >= 0.3 is 0 Å². The molecule has 0 radical (unpaired) electrons. The summed E-state index contributed by atoms with van der Waals surface area (Å²) in [5.74, 6) is 0.642. The van der Waals surface area contributed by atoms with Crippen molar-refractivity contribution in [3.63, 3.8) is 0 Å². The van der Waals surface area contributed by atoms with Gasteiger partial charge in [-0.3, -0.25) is 0 Å². The molecule has 1 aromatic heterocycles. The van der Waals surface area contributed by atoms with Crippen molar-refractivity contribution in [1.29, 1.82) is 0 Å². The summed E-state index contributed by atoms with van der Waals surface area (Å²) >= 11 is 11.6. The highest BCUT2D eigenvalue weighted by Crippen LogP contribution is 2.14. The second-order valence-electron chi connectivity index (χ2n) is 3.60. The lowest BCUT2D eigenvalue weighted by molar-refractivity contribution is 0.967. The molecule has 0 saturated heterocycles. The fourth-order valence-electron chi connectivity index (χ4n) is 1.52. The summed E-state index contributed by atoms with van der Waals surface area (Å²) in [5, 5.41) is 0.755. The summed E-state index contributed by atoms with van der Waals surface area (Å²) in [7, 11) is 0. The van der Waals surface area contributed by atoms with Gasteiger partial charge in [0.25, 0.3) is 0 Å². The van der Waals surface area contributed by atoms with Gasteiger partial charge in [-0.25, -0.2) is 9.97 Å². The smallest absolute Gasteiger partial charge is 0.136 e. The van der Waals surface area contributed by atoms with E-state index in [1.54, 1.807) is 0 Å². The van der Waals surface area contributed by atoms with Crippen molar-refractivity contribution in [2.75, 3.05) is 0 Å². The molecular formula is C12H10Cl2N2. The molecule has 0 atom stereocenters. The molecule has 4 heteroatoms. The molecule has 0 bridgehead atoms. The molecule has 0 amide bonds. The Morgan fingerprint density at radius 3 is 2.38 bits per heavy atom. The van der Waals surface area contributed by atoms with Crippen LogP contribution in [0.3, 0.4) is 0 Å². The maximum atomic E-state index is 5.81. The Hall–Kier alpha value is -1.12. The minimum Gasteiger partial charge on any atom is -0.221 e. The summed E-state index contributed by atoms with van der Waals surface area (Å²) in [4.78, 5) is 8.26. The van der Waals surface area contributed by atoms with E-state index in [4.69, 9.17) is 23.2 Å². The van der Waals surface area contributed by atoms with Gasteiger partial charge in [0.1, 0.15) is 16.1 Å². The third-order valence-corrected chi connectivity index (χ3v) is 2.54. The second kappa shape index (κ2) is 4.81. The van der Waals surface area contributed by atoms with E-state index in [9.17, 15) is 0 Å². The first-order valence-corrected chi connectivity index (χ1v) is 5.63. The normalized spacial score (nSPS) is 10.4. The van der Waals surface area contributed by atoms with E-state index < -0.39 is 0 Å². The zero-order valence-corrected chi connectivity index (χ0v) is 10.3. The highest BCUT2D eigenvalue weighted by Gasteiger charge is 2.03. The molecule has 82 valence electrons. The van der Waals surface area contributed by atoms with Crippen LogP contribution in [0.5, 0.6) is 0 Å². The van der Waals surface area contributed by atoms with Gasteiger partial charge in [-0.1, -0.05) is 53.0 Å². The molecule has 2 rings (SSSR count). The number of rotatable bonds is 2. The zero-order chi connectivity index (χ0) is 11.5. The molecule has 1 aromatic carbocycles. The zero-order valence-electron chi connectivity index (χ0n) is 8.74. The number of hydrogen-bond acceptors (Lipinski definition) is 2. The van der Waals surface area contributed by atoms with Gasteiger partial charge in [0.15, 0.2) is 0 Å². The molecule has 16 heavy (non-hydrogen) atoms. The van der Waals surface area contributed by atoms with Crippen LogP contribution >= 0.6 is 23.2 Å². The molecule has 0 aliphatic rings. The molecule has 0 N–H and O–H groups in total. The lowest BCUT2D eigenvalue weighted by atomic mass is 10.1. The summed E-state index contributed by atoms with van der Waals surface area (Å²) < 4.78 is 0. The van der Waals surface area contributed by atoms with Gasteiger partial charge in [-0.2, -0.15) is 0 Å². The molecular weight excluding hydrogens is 243 g/mol. The fraction of sp³-hybridized carbons (Fsp3) is 0.167. The van der Waals surface area contributed by atoms with Crippen LogP contribution in [0.4, 0.5) is 0 Å². The van der Waals surface area contributed by atoms with E-state index in [2.05, 4.69) is 29.0 Å². The average molecular weight is 253 g/mol. The van der Waals surface area contributed by atoms with Crippen LogP contribution in [0.25, 0.3) is 0 Å². The van der Waals surface area contributed by atoms with Crippen molar-refractivity contribution >= 4 is 23.2 Å². The molecule has 1 heterocycles. The van der Waals surface area contributed by atoms with Crippen molar-refractivity contribution in [3.05, 3.63) is 57.6 Å². The highest BCUT2D eigenvalue weighted by atomic mass is 35.5. The average Bonchev–Trinajstić information content (AvgIpc) is 2.15. The minimum atomic E-state index is 0.377. The summed E-state index contributed by atoms with van der Waals surface area (Å²) in [5.41, 5.74) is 2.36. The highest BCUT2D eigenvalue weighted by molar-refractivity contribution is 6.33. The number of nitrogens with zero attached hydrogens (tertiary/aromatic N) is 2. The standard InChI is InChI=1S/C12H10Cl2N2/c1-8-3-2-4-9(5-8)6-12-15-10(13)7-11(14)16-12/h2-5,7H,6H2,1H3. The first kappa shape index (κ1) is 11.4. The van der Waals surface area contributed by atoms with E-state index in [0.29, 0.717) is 22.6 Å². The predicted molar refractivity (Wildman–Crippen MR) is 66.0 cm³/mol. The van der Waals surface area contributed by atoms with Crippen LogP contribution in [0.1, 0.15) is 17.0 Å². The molecule has 0 unspecified atom stereocenters. The number of aryl methyl sites for hydroxylation is 1. The Bertz CT molecular complexity index is 492. The molecule has 0 aliphatic heterocycles. The van der Waals surface area contributed by atoms with Gasteiger partial charge in [0.2, 0.25) is 0 Å². The van der Waals surface area contributed by atoms with Crippen molar-refractivity contribution in [1.82, 2.24) is 9.97 Å². The molecule has 0 aliphatic carbocycles. The van der Waals surface area contributed by atoms with Gasteiger partial charge in [-0.05, 0) is 12.5 Å². The summed E-state index contributed by atoms with van der Waals surface area (Å²) in [6, 6.07) is 9.72. The Kier molecular flexibility index (Phi) is 3.42. The molecule has 2 aromatic rings. The first-order chi connectivity index (χ1) is 7.63. The van der Waals surface area contributed by atoms with Crippen molar-refractivity contribution in [2.24, 2.45) is 0 Å². The minimum absolute atomic E-state index is 0.377. The second-order valence-corrected chi connectivity index (χ2v) is 4.37. The van der Waals surface area contributed by atoms with Crippen LogP contribution < -0.4 is 0 Å². The van der Waals surface area contributed by atoms with Crippen molar-refractivity contribution < 1.29 is 0 Å². The third-order valence-electron chi connectivity index (χ3n) is 2.15. The van der Waals surface area contributed by atoms with E-state index in [1.807, 2.05) is 12.1 Å². The Labute approximate surface area is 104 Å². The maximum absolute atomic E-state index is 5.81. The van der Waals surface area contributed by atoms with Crippen molar-refractivity contribution in [2.45, 2.75) is 13.3 Å². The van der Waals surface area contributed by atoms with Gasteiger partial charge in [-0.15, -0.1) is 0 Å². The molecule has 0 spiro atoms. The van der Waals surface area contributed by atoms with Crippen LogP contribution in [0.15, 0.2) is 30.3 Å². The number of halogens is 2. The number of benzene rings is 1. The third kappa shape index (κ3) is 2.94. The van der Waals surface area contributed by atoms with E-state index >= 15 is 0 Å². The summed E-state index contributed by atoms with van der Waals surface area (Å²) in [6.45, 7) is 2.05. The lowest BCUT2D eigenvalue weighted by Crippen LogP contribution is -1.97. The van der Waals surface area contributed by atoms with E-state index in [0.717, 1.165) is 5.56 Å². The molecule has 2 nitrogen and oxygen atoms in total. The summed E-state index contributed by atoms with van der Waals surface area (Å²) in [6.07, 6.45) is 0.641. The molecule has 0 fully saturated rings. The van der Waals surface area contributed by atoms with Crippen LogP contribution in [0, 0.1) is 6.92 Å². The van der Waals surface area contributed by atoms with Crippen LogP contribution in [0.2, 0.25) is 10.3 Å². The van der Waals surface area contributed by atoms with Crippen molar-refractivity contribution in [3.8, 4) is 0 Å². The van der Waals surface area contributed by atoms with Crippen LogP contribution in [-0.2, 0) is 6.42 Å². The molecule has 0 saturated carbocycles. The lowest BCUT2D eigenvalue weighted by Gasteiger charge is -2.02.